The van der Waals surface area contributed by atoms with Crippen LogP contribution >= 0.6 is 0 Å². The molecule has 0 aromatic heterocycles. The normalized spacial score (nSPS) is 47.7. The summed E-state index contributed by atoms with van der Waals surface area (Å²) in [6.45, 7) is 6.94. The van der Waals surface area contributed by atoms with Gasteiger partial charge >= 0.3 is 5.97 Å². The van der Waals surface area contributed by atoms with Gasteiger partial charge in [0.2, 0.25) is 0 Å². The number of ether oxygens (including phenoxy) is 1. The number of Topliss-reactive ketones (excluding diaryl/α,β-unsaturated/α-hetero) is 1. The molecule has 0 aromatic rings. The summed E-state index contributed by atoms with van der Waals surface area (Å²) in [7, 11) is 1.45. The molecule has 0 spiro atoms. The van der Waals surface area contributed by atoms with E-state index in [9.17, 15) is 14.7 Å². The lowest BCUT2D eigenvalue weighted by molar-refractivity contribution is -0.160. The van der Waals surface area contributed by atoms with Crippen LogP contribution in [-0.2, 0) is 14.3 Å². The Morgan fingerprint density at radius 2 is 1.93 bits per heavy atom. The van der Waals surface area contributed by atoms with E-state index in [0.29, 0.717) is 47.7 Å². The quantitative estimate of drug-likeness (QED) is 0.685. The van der Waals surface area contributed by atoms with Crippen LogP contribution in [0.25, 0.3) is 0 Å². The molecule has 4 rings (SSSR count). The summed E-state index contributed by atoms with van der Waals surface area (Å²) in [4.78, 5) is 25.3. The van der Waals surface area contributed by atoms with E-state index < -0.39 is 0 Å². The monoisotopic (exact) mass is 404 g/mol. The minimum atomic E-state index is -0.214. The fraction of sp³-hybridized carbons (Fsp3) is 0.920. The lowest BCUT2D eigenvalue weighted by Crippen LogP contribution is -2.57. The molecule has 0 aliphatic heterocycles. The average Bonchev–Trinajstić information content (AvgIpc) is 3.06. The van der Waals surface area contributed by atoms with Crippen molar-refractivity contribution in [2.45, 2.75) is 91.1 Å². The number of hydrogen-bond acceptors (Lipinski definition) is 4. The van der Waals surface area contributed by atoms with Crippen molar-refractivity contribution < 1.29 is 19.4 Å². The molecule has 0 radical (unpaired) electrons. The summed E-state index contributed by atoms with van der Waals surface area (Å²) in [5.74, 6) is 3.37. The lowest BCUT2D eigenvalue weighted by atomic mass is 9.44. The number of aliphatic hydroxyl groups is 1. The summed E-state index contributed by atoms with van der Waals surface area (Å²) in [5, 5.41) is 10.2. The molecule has 4 saturated carbocycles. The van der Waals surface area contributed by atoms with Gasteiger partial charge in [0, 0.05) is 18.3 Å². The van der Waals surface area contributed by atoms with E-state index in [1.807, 2.05) is 0 Å². The van der Waals surface area contributed by atoms with E-state index in [1.165, 1.54) is 26.4 Å². The van der Waals surface area contributed by atoms with Gasteiger partial charge in [-0.25, -0.2) is 0 Å². The van der Waals surface area contributed by atoms with Crippen molar-refractivity contribution in [1.29, 1.82) is 0 Å². The molecular weight excluding hydrogens is 364 g/mol. The van der Waals surface area contributed by atoms with Crippen molar-refractivity contribution in [3.8, 4) is 0 Å². The Balaban J connectivity index is 1.54. The molecule has 4 fully saturated rings. The zero-order valence-corrected chi connectivity index (χ0v) is 18.8. The number of fused-ring (bicyclic) bond motifs is 5. The molecule has 4 unspecified atom stereocenters. The molecule has 9 atom stereocenters. The molecule has 0 bridgehead atoms. The Morgan fingerprint density at radius 1 is 1.17 bits per heavy atom. The van der Waals surface area contributed by atoms with E-state index in [4.69, 9.17) is 4.74 Å². The molecule has 164 valence electrons. The maximum Gasteiger partial charge on any atom is 0.305 e. The van der Waals surface area contributed by atoms with Gasteiger partial charge in [-0.1, -0.05) is 20.8 Å². The van der Waals surface area contributed by atoms with Crippen LogP contribution in [0.3, 0.4) is 0 Å². The highest BCUT2D eigenvalue weighted by Gasteiger charge is 2.63. The van der Waals surface area contributed by atoms with Gasteiger partial charge in [-0.05, 0) is 92.3 Å². The SMILES string of the molecule is COC(=O)CC[C@@H](C)C1CCC2C3CC[C@@H]4C[C@@H](O)CC[C@]4(C)C3CC(=O)[C@@]21C. The fourth-order valence-electron chi connectivity index (χ4n) is 8.53. The Labute approximate surface area is 176 Å². The number of rotatable bonds is 4. The summed E-state index contributed by atoms with van der Waals surface area (Å²) in [6, 6.07) is 0. The lowest BCUT2D eigenvalue weighted by Gasteiger charge is -2.60. The topological polar surface area (TPSA) is 63.6 Å². The molecule has 0 heterocycles. The summed E-state index contributed by atoms with van der Waals surface area (Å²) >= 11 is 0. The van der Waals surface area contributed by atoms with Crippen LogP contribution < -0.4 is 0 Å². The second-order valence-electron chi connectivity index (χ2n) is 11.3. The second kappa shape index (κ2) is 7.66. The summed E-state index contributed by atoms with van der Waals surface area (Å²) in [5.41, 5.74) is 0.0157. The third-order valence-electron chi connectivity index (χ3n) is 10.3. The number of esters is 1. The van der Waals surface area contributed by atoms with E-state index in [-0.39, 0.29) is 22.9 Å². The standard InChI is InChI=1S/C25H40O4/c1-15(5-10-23(28)29-4)19-8-9-20-18-7-6-16-13-17(26)11-12-24(16,2)21(18)14-22(27)25(19,20)3/h15-21,26H,5-14H2,1-4H3/t15-,16-,17+,18?,19?,20?,21?,24+,25-/m1/s1. The number of methoxy groups -OCH3 is 1. The number of hydrogen-bond donors (Lipinski definition) is 1. The highest BCUT2D eigenvalue weighted by Crippen LogP contribution is 2.67. The summed E-state index contributed by atoms with van der Waals surface area (Å²) < 4.78 is 4.83. The first-order chi connectivity index (χ1) is 13.7. The molecule has 4 nitrogen and oxygen atoms in total. The fourth-order valence-corrected chi connectivity index (χ4v) is 8.53. The van der Waals surface area contributed by atoms with Crippen LogP contribution in [0.2, 0.25) is 0 Å². The number of aliphatic hydroxyl groups excluding tert-OH is 1. The molecule has 4 aliphatic carbocycles. The van der Waals surface area contributed by atoms with Gasteiger partial charge < -0.3 is 9.84 Å². The zero-order valence-electron chi connectivity index (χ0n) is 18.8. The van der Waals surface area contributed by atoms with E-state index in [0.717, 1.165) is 38.5 Å². The van der Waals surface area contributed by atoms with Crippen molar-refractivity contribution in [1.82, 2.24) is 0 Å². The predicted molar refractivity (Wildman–Crippen MR) is 112 cm³/mol. The highest BCUT2D eigenvalue weighted by molar-refractivity contribution is 5.87. The van der Waals surface area contributed by atoms with Crippen LogP contribution in [0.5, 0.6) is 0 Å². The highest BCUT2D eigenvalue weighted by atomic mass is 16.5. The molecule has 1 N–H and O–H groups in total. The zero-order chi connectivity index (χ0) is 21.0. The van der Waals surface area contributed by atoms with Crippen LogP contribution in [-0.4, -0.2) is 30.1 Å². The smallest absolute Gasteiger partial charge is 0.305 e. The molecule has 0 amide bonds. The van der Waals surface area contributed by atoms with Crippen molar-refractivity contribution in [2.24, 2.45) is 46.3 Å². The second-order valence-corrected chi connectivity index (χ2v) is 11.3. The van der Waals surface area contributed by atoms with Crippen LogP contribution in [0.1, 0.15) is 85.0 Å². The van der Waals surface area contributed by atoms with Crippen LogP contribution in [0.4, 0.5) is 0 Å². The van der Waals surface area contributed by atoms with Crippen molar-refractivity contribution >= 4 is 11.8 Å². The van der Waals surface area contributed by atoms with Gasteiger partial charge in [-0.3, -0.25) is 9.59 Å². The third-order valence-corrected chi connectivity index (χ3v) is 10.3. The largest absolute Gasteiger partial charge is 0.469 e. The number of ketones is 1. The van der Waals surface area contributed by atoms with Gasteiger partial charge in [0.1, 0.15) is 5.78 Å². The van der Waals surface area contributed by atoms with Gasteiger partial charge in [-0.2, -0.15) is 0 Å². The van der Waals surface area contributed by atoms with Crippen molar-refractivity contribution in [3.63, 3.8) is 0 Å². The van der Waals surface area contributed by atoms with Crippen molar-refractivity contribution in [3.05, 3.63) is 0 Å². The predicted octanol–water partition coefficient (Wildman–Crippen LogP) is 4.77. The molecule has 4 aliphatic rings. The molecule has 0 aromatic carbocycles. The number of carbonyl (C=O) groups is 2. The maximum absolute atomic E-state index is 13.7. The van der Waals surface area contributed by atoms with Gasteiger partial charge in [0.25, 0.3) is 0 Å². The van der Waals surface area contributed by atoms with Gasteiger partial charge in [0.05, 0.1) is 13.2 Å². The maximum atomic E-state index is 13.7. The van der Waals surface area contributed by atoms with Crippen molar-refractivity contribution in [2.75, 3.05) is 7.11 Å². The first-order valence-electron chi connectivity index (χ1n) is 12.0. The van der Waals surface area contributed by atoms with Gasteiger partial charge in [0.15, 0.2) is 0 Å². The Bertz CT molecular complexity index is 659. The first-order valence-corrected chi connectivity index (χ1v) is 12.0. The van der Waals surface area contributed by atoms with Gasteiger partial charge in [-0.15, -0.1) is 0 Å². The Hall–Kier alpha value is -0.900. The van der Waals surface area contributed by atoms with Crippen LogP contribution in [0.15, 0.2) is 0 Å². The summed E-state index contributed by atoms with van der Waals surface area (Å²) in [6.07, 6.45) is 9.53. The molecule has 0 saturated heterocycles. The van der Waals surface area contributed by atoms with E-state index in [1.54, 1.807) is 0 Å². The number of carbonyl (C=O) groups excluding carboxylic acids is 2. The van der Waals surface area contributed by atoms with E-state index >= 15 is 0 Å². The molecule has 4 heteroatoms. The molecular formula is C25H40O4. The Kier molecular flexibility index (Phi) is 5.63. The van der Waals surface area contributed by atoms with Crippen LogP contribution in [0, 0.1) is 46.3 Å². The first kappa shape index (κ1) is 21.3. The van der Waals surface area contributed by atoms with E-state index in [2.05, 4.69) is 20.8 Å². The Morgan fingerprint density at radius 3 is 2.66 bits per heavy atom. The molecule has 29 heavy (non-hydrogen) atoms. The average molecular weight is 405 g/mol. The minimum Gasteiger partial charge on any atom is -0.469 e. The third kappa shape index (κ3) is 3.28. The minimum absolute atomic E-state index is 0.138.